The molecule has 3 aromatic rings. The third-order valence-electron chi connectivity index (χ3n) is 5.19. The fraction of sp³-hybridized carbons (Fsp3) is 0.381. The van der Waals surface area contributed by atoms with Crippen molar-refractivity contribution in [3.8, 4) is 11.3 Å². The maximum atomic E-state index is 13.7. The van der Waals surface area contributed by atoms with Crippen LogP contribution in [-0.2, 0) is 0 Å². The van der Waals surface area contributed by atoms with Crippen molar-refractivity contribution in [1.82, 2.24) is 15.2 Å². The summed E-state index contributed by atoms with van der Waals surface area (Å²) < 4.78 is 10.9. The van der Waals surface area contributed by atoms with E-state index in [4.69, 9.17) is 20.6 Å². The van der Waals surface area contributed by atoms with Gasteiger partial charge < -0.3 is 13.9 Å². The number of rotatable bonds is 3. The average molecular weight is 400 g/mol. The molecule has 6 nitrogen and oxygen atoms in total. The molecule has 1 amide bonds. The summed E-state index contributed by atoms with van der Waals surface area (Å²) in [6.45, 7) is 4.29. The number of hydrogen-bond acceptors (Lipinski definition) is 5. The summed E-state index contributed by atoms with van der Waals surface area (Å²) in [5, 5.41) is 8.69. The predicted octanol–water partition coefficient (Wildman–Crippen LogP) is 5.36. The zero-order valence-electron chi connectivity index (χ0n) is 15.9. The highest BCUT2D eigenvalue weighted by Gasteiger charge is 2.34. The molecular formula is C21H22ClN3O3. The summed E-state index contributed by atoms with van der Waals surface area (Å²) in [6, 6.07) is 9.09. The summed E-state index contributed by atoms with van der Waals surface area (Å²) in [5.41, 5.74) is 2.43. The van der Waals surface area contributed by atoms with Crippen molar-refractivity contribution in [1.29, 1.82) is 0 Å². The molecule has 146 valence electrons. The Morgan fingerprint density at radius 3 is 2.71 bits per heavy atom. The molecule has 28 heavy (non-hydrogen) atoms. The second kappa shape index (κ2) is 7.80. The molecule has 1 aliphatic rings. The first-order valence-corrected chi connectivity index (χ1v) is 9.89. The normalized spacial score (nSPS) is 17.5. The predicted molar refractivity (Wildman–Crippen MR) is 105 cm³/mol. The molecule has 1 aromatic carbocycles. The molecule has 3 heterocycles. The first-order valence-electron chi connectivity index (χ1n) is 9.51. The van der Waals surface area contributed by atoms with Gasteiger partial charge in [-0.25, -0.2) is 0 Å². The fourth-order valence-electron chi connectivity index (χ4n) is 3.79. The highest BCUT2D eigenvalue weighted by molar-refractivity contribution is 6.33. The molecule has 1 fully saturated rings. The Balaban J connectivity index is 1.75. The SMILES string of the molecule is Cc1cc(C2CCCCCN2C(=O)c2c(-c3ccccc3Cl)noc2C)on1. The largest absolute Gasteiger partial charge is 0.360 e. The summed E-state index contributed by atoms with van der Waals surface area (Å²) in [7, 11) is 0. The number of aryl methyl sites for hydroxylation is 2. The number of halogens is 1. The van der Waals surface area contributed by atoms with E-state index in [9.17, 15) is 4.79 Å². The van der Waals surface area contributed by atoms with Gasteiger partial charge in [0.15, 0.2) is 5.76 Å². The van der Waals surface area contributed by atoms with Gasteiger partial charge in [-0.3, -0.25) is 4.79 Å². The molecule has 7 heteroatoms. The monoisotopic (exact) mass is 399 g/mol. The molecule has 0 bridgehead atoms. The molecule has 0 saturated carbocycles. The number of likely N-dealkylation sites (tertiary alicyclic amines) is 1. The minimum atomic E-state index is -0.149. The van der Waals surface area contributed by atoms with Crippen molar-refractivity contribution in [2.75, 3.05) is 6.54 Å². The zero-order valence-corrected chi connectivity index (χ0v) is 16.7. The van der Waals surface area contributed by atoms with Crippen molar-refractivity contribution in [2.24, 2.45) is 0 Å². The highest BCUT2D eigenvalue weighted by Crippen LogP contribution is 2.36. The van der Waals surface area contributed by atoms with Crippen LogP contribution in [0.3, 0.4) is 0 Å². The first-order chi connectivity index (χ1) is 13.6. The summed E-state index contributed by atoms with van der Waals surface area (Å²) in [6.07, 6.45) is 3.90. The van der Waals surface area contributed by atoms with E-state index in [1.807, 2.05) is 36.1 Å². The van der Waals surface area contributed by atoms with Crippen LogP contribution in [-0.4, -0.2) is 27.7 Å². The van der Waals surface area contributed by atoms with E-state index in [0.29, 0.717) is 34.1 Å². The Bertz CT molecular complexity index is 994. The van der Waals surface area contributed by atoms with Crippen LogP contribution in [0.2, 0.25) is 5.02 Å². The Morgan fingerprint density at radius 1 is 1.14 bits per heavy atom. The second-order valence-corrected chi connectivity index (χ2v) is 7.58. The van der Waals surface area contributed by atoms with Gasteiger partial charge in [-0.2, -0.15) is 0 Å². The van der Waals surface area contributed by atoms with Gasteiger partial charge in [0, 0.05) is 18.2 Å². The minimum absolute atomic E-state index is 0.116. The van der Waals surface area contributed by atoms with Gasteiger partial charge in [-0.1, -0.05) is 53.0 Å². The molecule has 1 unspecified atom stereocenters. The molecule has 0 aliphatic carbocycles. The lowest BCUT2D eigenvalue weighted by Crippen LogP contribution is -2.35. The van der Waals surface area contributed by atoms with Gasteiger partial charge >= 0.3 is 0 Å². The standard InChI is InChI=1S/C21H22ClN3O3/c1-13-12-18(28-23-13)17-10-4-3-7-11-25(17)21(26)19-14(2)27-24-20(19)15-8-5-6-9-16(15)22/h5-6,8-9,12,17H,3-4,7,10-11H2,1-2H3. The minimum Gasteiger partial charge on any atom is -0.360 e. The number of carbonyl (C=O) groups is 1. The third kappa shape index (κ3) is 3.44. The van der Waals surface area contributed by atoms with Gasteiger partial charge in [0.2, 0.25) is 0 Å². The van der Waals surface area contributed by atoms with Gasteiger partial charge in [0.25, 0.3) is 5.91 Å². The second-order valence-electron chi connectivity index (χ2n) is 7.18. The maximum absolute atomic E-state index is 13.7. The van der Waals surface area contributed by atoms with Crippen LogP contribution in [0.25, 0.3) is 11.3 Å². The first kappa shape index (κ1) is 18.7. The molecule has 4 rings (SSSR count). The van der Waals surface area contributed by atoms with Crippen molar-refractivity contribution in [3.05, 3.63) is 58.1 Å². The lowest BCUT2D eigenvalue weighted by Gasteiger charge is -2.28. The molecule has 2 aromatic heterocycles. The molecule has 0 N–H and O–H groups in total. The van der Waals surface area contributed by atoms with Crippen LogP contribution in [0.4, 0.5) is 0 Å². The van der Waals surface area contributed by atoms with Crippen molar-refractivity contribution in [2.45, 2.75) is 45.6 Å². The van der Waals surface area contributed by atoms with E-state index >= 15 is 0 Å². The molecular weight excluding hydrogens is 378 g/mol. The van der Waals surface area contributed by atoms with Crippen LogP contribution >= 0.6 is 11.6 Å². The average Bonchev–Trinajstić information content (AvgIpc) is 3.19. The third-order valence-corrected chi connectivity index (χ3v) is 5.52. The van der Waals surface area contributed by atoms with Gasteiger partial charge in [-0.05, 0) is 32.8 Å². The molecule has 0 spiro atoms. The van der Waals surface area contributed by atoms with Crippen LogP contribution in [0.5, 0.6) is 0 Å². The van der Waals surface area contributed by atoms with Gasteiger partial charge in [0.1, 0.15) is 17.0 Å². The van der Waals surface area contributed by atoms with E-state index in [2.05, 4.69) is 10.3 Å². The van der Waals surface area contributed by atoms with Crippen LogP contribution in [0, 0.1) is 13.8 Å². The quantitative estimate of drug-likeness (QED) is 0.593. The van der Waals surface area contributed by atoms with Crippen molar-refractivity contribution < 1.29 is 13.8 Å². The Hall–Kier alpha value is -2.60. The van der Waals surface area contributed by atoms with E-state index in [1.54, 1.807) is 13.0 Å². The number of aromatic nitrogens is 2. The fourth-order valence-corrected chi connectivity index (χ4v) is 4.02. The lowest BCUT2D eigenvalue weighted by molar-refractivity contribution is 0.0650. The summed E-state index contributed by atoms with van der Waals surface area (Å²) in [5.74, 6) is 1.09. The molecule has 1 aliphatic heterocycles. The smallest absolute Gasteiger partial charge is 0.260 e. The topological polar surface area (TPSA) is 72.4 Å². The number of carbonyl (C=O) groups excluding carboxylic acids is 1. The van der Waals surface area contributed by atoms with E-state index in [1.165, 1.54) is 0 Å². The number of nitrogens with zero attached hydrogens (tertiary/aromatic N) is 3. The molecule has 0 radical (unpaired) electrons. The lowest BCUT2D eigenvalue weighted by atomic mass is 10.0. The maximum Gasteiger partial charge on any atom is 0.260 e. The molecule has 1 saturated heterocycles. The van der Waals surface area contributed by atoms with E-state index in [0.717, 1.165) is 37.1 Å². The van der Waals surface area contributed by atoms with E-state index < -0.39 is 0 Å². The number of hydrogen-bond donors (Lipinski definition) is 0. The molecule has 1 atom stereocenters. The number of benzene rings is 1. The summed E-state index contributed by atoms with van der Waals surface area (Å²) in [4.78, 5) is 15.5. The van der Waals surface area contributed by atoms with Crippen LogP contribution < -0.4 is 0 Å². The van der Waals surface area contributed by atoms with Crippen LogP contribution in [0.1, 0.15) is 59.3 Å². The van der Waals surface area contributed by atoms with Crippen molar-refractivity contribution >= 4 is 17.5 Å². The van der Waals surface area contributed by atoms with E-state index in [-0.39, 0.29) is 11.9 Å². The van der Waals surface area contributed by atoms with Gasteiger partial charge in [0.05, 0.1) is 16.8 Å². The van der Waals surface area contributed by atoms with Crippen molar-refractivity contribution in [3.63, 3.8) is 0 Å². The highest BCUT2D eigenvalue weighted by atomic mass is 35.5. The summed E-state index contributed by atoms with van der Waals surface area (Å²) >= 11 is 6.35. The Kier molecular flexibility index (Phi) is 5.22. The Morgan fingerprint density at radius 2 is 1.96 bits per heavy atom. The van der Waals surface area contributed by atoms with Crippen LogP contribution in [0.15, 0.2) is 39.4 Å². The zero-order chi connectivity index (χ0) is 19.7. The van der Waals surface area contributed by atoms with Gasteiger partial charge in [-0.15, -0.1) is 0 Å². The Labute approximate surface area is 168 Å². The number of amides is 1.